The van der Waals surface area contributed by atoms with Crippen molar-refractivity contribution in [3.63, 3.8) is 0 Å². The molecule has 0 aromatic carbocycles. The molecule has 1 rings (SSSR count). The van der Waals surface area contributed by atoms with Crippen molar-refractivity contribution in [3.05, 3.63) is 11.8 Å². The minimum absolute atomic E-state index is 0.734. The minimum atomic E-state index is 0.734. The fraction of sp³-hybridized carbons (Fsp3) is 0.400. The molecule has 0 aliphatic carbocycles. The molecule has 1 heterocycles. The van der Waals surface area contributed by atoms with Crippen LogP contribution in [-0.2, 0) is 0 Å². The van der Waals surface area contributed by atoms with Gasteiger partial charge in [-0.1, -0.05) is 6.08 Å². The molecule has 0 aromatic heterocycles. The number of allylic oxidation sites excluding steroid dienone is 1. The molecule has 0 saturated carbocycles. The summed E-state index contributed by atoms with van der Waals surface area (Å²) in [7, 11) is 0. The number of hydrogen-bond acceptors (Lipinski definition) is 2. The third-order valence-corrected chi connectivity index (χ3v) is 0.927. The smallest absolute Gasteiger partial charge is 0.103 e. The maximum absolute atomic E-state index is 5.32. The summed E-state index contributed by atoms with van der Waals surface area (Å²) in [5.74, 6) is 0.734. The fourth-order valence-electron chi connectivity index (χ4n) is 0.570. The van der Waals surface area contributed by atoms with Gasteiger partial charge in [-0.25, -0.2) is 4.99 Å². The quantitative estimate of drug-likeness (QED) is 0.472. The number of nitrogens with two attached hydrogens (primary N) is 1. The van der Waals surface area contributed by atoms with Gasteiger partial charge in [-0.15, -0.1) is 0 Å². The Morgan fingerprint density at radius 1 is 1.86 bits per heavy atom. The zero-order chi connectivity index (χ0) is 5.28. The highest BCUT2D eigenvalue weighted by Crippen LogP contribution is 2.04. The molecule has 2 nitrogen and oxygen atoms in total. The SMILES string of the molecule is CC1=CCC(N)=N1. The molecular weight excluding hydrogens is 88.1 g/mol. The summed E-state index contributed by atoms with van der Waals surface area (Å²) in [6.45, 7) is 1.94. The fourth-order valence-corrected chi connectivity index (χ4v) is 0.570. The van der Waals surface area contributed by atoms with Gasteiger partial charge >= 0.3 is 0 Å². The molecule has 0 fully saturated rings. The van der Waals surface area contributed by atoms with Crippen LogP contribution in [0.5, 0.6) is 0 Å². The van der Waals surface area contributed by atoms with Gasteiger partial charge in [0.05, 0.1) is 0 Å². The Balaban J connectivity index is 2.69. The lowest BCUT2D eigenvalue weighted by Crippen LogP contribution is -2.05. The third kappa shape index (κ3) is 0.796. The zero-order valence-electron chi connectivity index (χ0n) is 4.31. The molecule has 7 heavy (non-hydrogen) atoms. The normalized spacial score (nSPS) is 19.0. The van der Waals surface area contributed by atoms with Crippen molar-refractivity contribution in [2.45, 2.75) is 13.3 Å². The molecule has 2 N–H and O–H groups in total. The number of rotatable bonds is 0. The molecule has 0 saturated heterocycles. The van der Waals surface area contributed by atoms with Crippen LogP contribution in [0.15, 0.2) is 16.8 Å². The highest BCUT2D eigenvalue weighted by atomic mass is 14.9. The molecular formula is C5H8N2. The first-order chi connectivity index (χ1) is 3.29. The average molecular weight is 96.1 g/mol. The van der Waals surface area contributed by atoms with Crippen molar-refractivity contribution >= 4 is 5.84 Å². The van der Waals surface area contributed by atoms with Crippen LogP contribution in [0, 0.1) is 0 Å². The van der Waals surface area contributed by atoms with E-state index in [1.165, 1.54) is 0 Å². The predicted molar refractivity (Wildman–Crippen MR) is 30.0 cm³/mol. The van der Waals surface area contributed by atoms with Gasteiger partial charge in [-0.3, -0.25) is 0 Å². The van der Waals surface area contributed by atoms with Crippen molar-refractivity contribution in [2.75, 3.05) is 0 Å². The van der Waals surface area contributed by atoms with Crippen LogP contribution < -0.4 is 5.73 Å². The van der Waals surface area contributed by atoms with Crippen LogP contribution in [0.25, 0.3) is 0 Å². The Morgan fingerprint density at radius 2 is 2.57 bits per heavy atom. The van der Waals surface area contributed by atoms with Crippen LogP contribution in [0.4, 0.5) is 0 Å². The Kier molecular flexibility index (Phi) is 0.855. The lowest BCUT2D eigenvalue weighted by Gasteiger charge is -1.80. The van der Waals surface area contributed by atoms with Crippen molar-refractivity contribution < 1.29 is 0 Å². The average Bonchev–Trinajstić information content (AvgIpc) is 1.87. The van der Waals surface area contributed by atoms with Crippen LogP contribution in [0.3, 0.4) is 0 Å². The van der Waals surface area contributed by atoms with Crippen LogP contribution in [0.1, 0.15) is 13.3 Å². The van der Waals surface area contributed by atoms with Gasteiger partial charge in [0.15, 0.2) is 0 Å². The third-order valence-electron chi connectivity index (χ3n) is 0.927. The molecule has 0 unspecified atom stereocenters. The highest BCUT2D eigenvalue weighted by Gasteiger charge is 1.96. The van der Waals surface area contributed by atoms with E-state index in [0.717, 1.165) is 18.0 Å². The summed E-state index contributed by atoms with van der Waals surface area (Å²) in [4.78, 5) is 3.94. The maximum Gasteiger partial charge on any atom is 0.103 e. The van der Waals surface area contributed by atoms with Crippen LogP contribution in [-0.4, -0.2) is 5.84 Å². The molecule has 0 spiro atoms. The molecule has 0 bridgehead atoms. The van der Waals surface area contributed by atoms with Gasteiger partial charge in [0.1, 0.15) is 5.84 Å². The second kappa shape index (κ2) is 1.37. The molecule has 0 atom stereocenters. The number of aliphatic imine (C=N–C) groups is 1. The first kappa shape index (κ1) is 4.37. The van der Waals surface area contributed by atoms with Gasteiger partial charge < -0.3 is 5.73 Å². The van der Waals surface area contributed by atoms with Gasteiger partial charge in [0.25, 0.3) is 0 Å². The monoisotopic (exact) mass is 96.1 g/mol. The Bertz CT molecular complexity index is 133. The number of nitrogens with zero attached hydrogens (tertiary/aromatic N) is 1. The molecule has 1 aliphatic rings. The van der Waals surface area contributed by atoms with Crippen LogP contribution in [0.2, 0.25) is 0 Å². The van der Waals surface area contributed by atoms with E-state index in [9.17, 15) is 0 Å². The topological polar surface area (TPSA) is 38.4 Å². The Labute approximate surface area is 42.7 Å². The van der Waals surface area contributed by atoms with Crippen molar-refractivity contribution in [1.82, 2.24) is 0 Å². The van der Waals surface area contributed by atoms with E-state index in [0.29, 0.717) is 0 Å². The summed E-state index contributed by atoms with van der Waals surface area (Å²) in [5, 5.41) is 0. The lowest BCUT2D eigenvalue weighted by molar-refractivity contribution is 1.33. The van der Waals surface area contributed by atoms with Crippen molar-refractivity contribution in [2.24, 2.45) is 10.7 Å². The van der Waals surface area contributed by atoms with Gasteiger partial charge in [0, 0.05) is 12.1 Å². The maximum atomic E-state index is 5.32. The van der Waals surface area contributed by atoms with Gasteiger partial charge in [0.2, 0.25) is 0 Å². The second-order valence-corrected chi connectivity index (χ2v) is 1.65. The van der Waals surface area contributed by atoms with Gasteiger partial charge in [-0.2, -0.15) is 0 Å². The molecule has 0 aromatic rings. The van der Waals surface area contributed by atoms with E-state index in [-0.39, 0.29) is 0 Å². The van der Waals surface area contributed by atoms with Crippen molar-refractivity contribution in [3.8, 4) is 0 Å². The molecule has 0 radical (unpaired) electrons. The zero-order valence-corrected chi connectivity index (χ0v) is 4.31. The summed E-state index contributed by atoms with van der Waals surface area (Å²) >= 11 is 0. The van der Waals surface area contributed by atoms with E-state index in [1.54, 1.807) is 0 Å². The Hall–Kier alpha value is -0.790. The summed E-state index contributed by atoms with van der Waals surface area (Å²) < 4.78 is 0. The van der Waals surface area contributed by atoms with E-state index in [2.05, 4.69) is 4.99 Å². The van der Waals surface area contributed by atoms with Crippen molar-refractivity contribution in [1.29, 1.82) is 0 Å². The van der Waals surface area contributed by atoms with E-state index >= 15 is 0 Å². The molecule has 1 aliphatic heterocycles. The largest absolute Gasteiger partial charge is 0.387 e. The van der Waals surface area contributed by atoms with Gasteiger partial charge in [-0.05, 0) is 6.92 Å². The first-order valence-corrected chi connectivity index (χ1v) is 2.29. The molecule has 38 valence electrons. The summed E-state index contributed by atoms with van der Waals surface area (Å²) in [6, 6.07) is 0. The van der Waals surface area contributed by atoms with E-state index in [4.69, 9.17) is 5.73 Å². The highest BCUT2D eigenvalue weighted by molar-refractivity contribution is 5.84. The molecule has 2 heteroatoms. The Morgan fingerprint density at radius 3 is 2.71 bits per heavy atom. The van der Waals surface area contributed by atoms with Crippen LogP contribution >= 0.6 is 0 Å². The summed E-state index contributed by atoms with van der Waals surface area (Å²) in [5.41, 5.74) is 6.36. The first-order valence-electron chi connectivity index (χ1n) is 2.29. The standard InChI is InChI=1S/C5H8N2/c1-4-2-3-5(6)7-4/h2H,3H2,1H3,(H2,6,7). The number of amidine groups is 1. The second-order valence-electron chi connectivity index (χ2n) is 1.65. The van der Waals surface area contributed by atoms with E-state index < -0.39 is 0 Å². The van der Waals surface area contributed by atoms with E-state index in [1.807, 2.05) is 13.0 Å². The predicted octanol–water partition coefficient (Wildman–Crippen LogP) is 0.651. The lowest BCUT2D eigenvalue weighted by atomic mass is 10.4. The summed E-state index contributed by atoms with van der Waals surface area (Å²) in [6.07, 6.45) is 2.85. The number of hydrogen-bond donors (Lipinski definition) is 1. The minimum Gasteiger partial charge on any atom is -0.387 e. The molecule has 0 amide bonds.